The molecule has 0 spiro atoms. The van der Waals surface area contributed by atoms with Gasteiger partial charge in [0.1, 0.15) is 5.75 Å². The molecule has 0 aliphatic rings. The minimum Gasteiger partial charge on any atom is -0.493 e. The molecule has 0 radical (unpaired) electrons. The molecule has 0 saturated carbocycles. The highest BCUT2D eigenvalue weighted by Crippen LogP contribution is 2.20. The Morgan fingerprint density at radius 1 is 1.25 bits per heavy atom. The van der Waals surface area contributed by atoms with E-state index < -0.39 is 0 Å². The average molecular weight is 222 g/mol. The number of rotatable bonds is 7. The van der Waals surface area contributed by atoms with Crippen molar-refractivity contribution in [1.29, 1.82) is 0 Å². The summed E-state index contributed by atoms with van der Waals surface area (Å²) in [6.45, 7) is 4.90. The summed E-state index contributed by atoms with van der Waals surface area (Å²) in [6.07, 6.45) is 3.41. The maximum atomic E-state index is 9.65. The minimum absolute atomic E-state index is 0.268. The van der Waals surface area contributed by atoms with Gasteiger partial charge in [-0.3, -0.25) is 0 Å². The second kappa shape index (κ2) is 7.29. The number of aliphatic hydroxyl groups is 1. The zero-order valence-corrected chi connectivity index (χ0v) is 10.3. The van der Waals surface area contributed by atoms with Gasteiger partial charge in [-0.1, -0.05) is 38.5 Å². The van der Waals surface area contributed by atoms with Gasteiger partial charge in [0.05, 0.1) is 12.7 Å². The third-order valence-corrected chi connectivity index (χ3v) is 2.65. The van der Waals surface area contributed by atoms with E-state index in [1.54, 1.807) is 0 Å². The lowest BCUT2D eigenvalue weighted by atomic mass is 10.1. The van der Waals surface area contributed by atoms with Crippen LogP contribution in [0.5, 0.6) is 5.75 Å². The zero-order chi connectivity index (χ0) is 11.8. The molecular weight excluding hydrogens is 200 g/mol. The smallest absolute Gasteiger partial charge is 0.122 e. The SMILES string of the molecule is CCCCOc1ccccc1CC(O)CC. The zero-order valence-electron chi connectivity index (χ0n) is 10.3. The Morgan fingerprint density at radius 2 is 2.00 bits per heavy atom. The molecule has 1 aromatic carbocycles. The molecule has 0 aliphatic heterocycles. The first-order chi connectivity index (χ1) is 7.77. The van der Waals surface area contributed by atoms with E-state index in [0.717, 1.165) is 37.2 Å². The minimum atomic E-state index is -0.268. The summed E-state index contributed by atoms with van der Waals surface area (Å²) in [7, 11) is 0. The highest BCUT2D eigenvalue weighted by molar-refractivity contribution is 5.33. The largest absolute Gasteiger partial charge is 0.493 e. The molecule has 1 N–H and O–H groups in total. The van der Waals surface area contributed by atoms with Gasteiger partial charge in [-0.25, -0.2) is 0 Å². The molecule has 1 atom stereocenters. The summed E-state index contributed by atoms with van der Waals surface area (Å²) < 4.78 is 5.71. The number of hydrogen-bond donors (Lipinski definition) is 1. The van der Waals surface area contributed by atoms with E-state index in [2.05, 4.69) is 6.92 Å². The number of aliphatic hydroxyl groups excluding tert-OH is 1. The van der Waals surface area contributed by atoms with E-state index in [4.69, 9.17) is 4.74 Å². The van der Waals surface area contributed by atoms with Crippen molar-refractivity contribution >= 4 is 0 Å². The van der Waals surface area contributed by atoms with Crippen LogP contribution in [0, 0.1) is 0 Å². The molecule has 0 aliphatic carbocycles. The number of ether oxygens (including phenoxy) is 1. The van der Waals surface area contributed by atoms with E-state index in [9.17, 15) is 5.11 Å². The van der Waals surface area contributed by atoms with Crippen LogP contribution in [0.15, 0.2) is 24.3 Å². The number of benzene rings is 1. The Morgan fingerprint density at radius 3 is 2.69 bits per heavy atom. The van der Waals surface area contributed by atoms with Crippen molar-refractivity contribution in [2.75, 3.05) is 6.61 Å². The maximum Gasteiger partial charge on any atom is 0.122 e. The van der Waals surface area contributed by atoms with Crippen LogP contribution >= 0.6 is 0 Å². The molecular formula is C14H22O2. The van der Waals surface area contributed by atoms with Gasteiger partial charge in [0.2, 0.25) is 0 Å². The van der Waals surface area contributed by atoms with Crippen molar-refractivity contribution in [1.82, 2.24) is 0 Å². The van der Waals surface area contributed by atoms with E-state index in [0.29, 0.717) is 6.42 Å². The van der Waals surface area contributed by atoms with Gasteiger partial charge < -0.3 is 9.84 Å². The van der Waals surface area contributed by atoms with Crippen LogP contribution in [0.1, 0.15) is 38.7 Å². The van der Waals surface area contributed by atoms with Crippen molar-refractivity contribution in [2.24, 2.45) is 0 Å². The van der Waals surface area contributed by atoms with E-state index in [1.165, 1.54) is 0 Å². The van der Waals surface area contributed by atoms with Crippen LogP contribution in [0.4, 0.5) is 0 Å². The summed E-state index contributed by atoms with van der Waals surface area (Å²) in [5, 5.41) is 9.65. The van der Waals surface area contributed by atoms with Gasteiger partial charge in [-0.15, -0.1) is 0 Å². The predicted molar refractivity (Wildman–Crippen MR) is 66.8 cm³/mol. The normalized spacial score (nSPS) is 12.4. The fraction of sp³-hybridized carbons (Fsp3) is 0.571. The molecule has 0 fully saturated rings. The number of hydrogen-bond acceptors (Lipinski definition) is 2. The fourth-order valence-electron chi connectivity index (χ4n) is 1.54. The van der Waals surface area contributed by atoms with Gasteiger partial charge in [-0.2, -0.15) is 0 Å². The first-order valence-corrected chi connectivity index (χ1v) is 6.16. The Labute approximate surface area is 98.3 Å². The summed E-state index contributed by atoms with van der Waals surface area (Å²) in [6, 6.07) is 7.97. The van der Waals surface area contributed by atoms with Crippen molar-refractivity contribution < 1.29 is 9.84 Å². The van der Waals surface area contributed by atoms with E-state index in [-0.39, 0.29) is 6.10 Å². The first-order valence-electron chi connectivity index (χ1n) is 6.16. The molecule has 1 rings (SSSR count). The molecule has 2 nitrogen and oxygen atoms in total. The number of para-hydroxylation sites is 1. The second-order valence-electron chi connectivity index (χ2n) is 4.08. The monoisotopic (exact) mass is 222 g/mol. The molecule has 90 valence electrons. The lowest BCUT2D eigenvalue weighted by Gasteiger charge is -2.13. The van der Waals surface area contributed by atoms with Crippen molar-refractivity contribution in [3.8, 4) is 5.75 Å². The Bertz CT molecular complexity index is 297. The van der Waals surface area contributed by atoms with Gasteiger partial charge in [0.25, 0.3) is 0 Å². The van der Waals surface area contributed by atoms with Gasteiger partial charge >= 0.3 is 0 Å². The predicted octanol–water partition coefficient (Wildman–Crippen LogP) is 3.18. The second-order valence-corrected chi connectivity index (χ2v) is 4.08. The highest BCUT2D eigenvalue weighted by Gasteiger charge is 2.07. The molecule has 1 unspecified atom stereocenters. The molecule has 0 amide bonds. The molecule has 0 saturated heterocycles. The Hall–Kier alpha value is -1.02. The average Bonchev–Trinajstić information content (AvgIpc) is 2.31. The van der Waals surface area contributed by atoms with Crippen LogP contribution < -0.4 is 4.74 Å². The van der Waals surface area contributed by atoms with Crippen LogP contribution in [0.25, 0.3) is 0 Å². The quantitative estimate of drug-likeness (QED) is 0.718. The maximum absolute atomic E-state index is 9.65. The fourth-order valence-corrected chi connectivity index (χ4v) is 1.54. The Kier molecular flexibility index (Phi) is 5.94. The van der Waals surface area contributed by atoms with E-state index in [1.807, 2.05) is 31.2 Å². The van der Waals surface area contributed by atoms with Crippen LogP contribution in [0.2, 0.25) is 0 Å². The lowest BCUT2D eigenvalue weighted by molar-refractivity contribution is 0.169. The van der Waals surface area contributed by atoms with E-state index >= 15 is 0 Å². The molecule has 0 aromatic heterocycles. The van der Waals surface area contributed by atoms with Gasteiger partial charge in [0, 0.05) is 6.42 Å². The van der Waals surface area contributed by atoms with Crippen LogP contribution in [0.3, 0.4) is 0 Å². The standard InChI is InChI=1S/C14H22O2/c1-3-5-10-16-14-9-7-6-8-12(14)11-13(15)4-2/h6-9,13,15H,3-5,10-11H2,1-2H3. The summed E-state index contributed by atoms with van der Waals surface area (Å²) in [5.41, 5.74) is 1.10. The van der Waals surface area contributed by atoms with Gasteiger partial charge in [-0.05, 0) is 24.5 Å². The van der Waals surface area contributed by atoms with Gasteiger partial charge in [0.15, 0.2) is 0 Å². The molecule has 0 bridgehead atoms. The molecule has 0 heterocycles. The van der Waals surface area contributed by atoms with Crippen molar-refractivity contribution in [3.05, 3.63) is 29.8 Å². The number of unbranched alkanes of at least 4 members (excludes halogenated alkanes) is 1. The lowest BCUT2D eigenvalue weighted by Crippen LogP contribution is -2.10. The van der Waals surface area contributed by atoms with Crippen LogP contribution in [-0.4, -0.2) is 17.8 Å². The third-order valence-electron chi connectivity index (χ3n) is 2.65. The summed E-state index contributed by atoms with van der Waals surface area (Å²) >= 11 is 0. The first kappa shape index (κ1) is 13.0. The molecule has 2 heteroatoms. The van der Waals surface area contributed by atoms with Crippen LogP contribution in [-0.2, 0) is 6.42 Å². The molecule has 16 heavy (non-hydrogen) atoms. The highest BCUT2D eigenvalue weighted by atomic mass is 16.5. The summed E-state index contributed by atoms with van der Waals surface area (Å²) in [4.78, 5) is 0. The topological polar surface area (TPSA) is 29.5 Å². The summed E-state index contributed by atoms with van der Waals surface area (Å²) in [5.74, 6) is 0.920. The Balaban J connectivity index is 2.60. The molecule has 1 aromatic rings. The van der Waals surface area contributed by atoms with Crippen molar-refractivity contribution in [2.45, 2.75) is 45.6 Å². The third kappa shape index (κ3) is 4.23. The van der Waals surface area contributed by atoms with Crippen molar-refractivity contribution in [3.63, 3.8) is 0 Å².